The molecule has 0 spiro atoms. The van der Waals surface area contributed by atoms with Gasteiger partial charge in [0, 0.05) is 24.0 Å². The predicted octanol–water partition coefficient (Wildman–Crippen LogP) is 5.18. The minimum absolute atomic E-state index is 0.0734. The van der Waals surface area contributed by atoms with Crippen molar-refractivity contribution >= 4 is 28.4 Å². The molecule has 0 amide bonds. The summed E-state index contributed by atoms with van der Waals surface area (Å²) < 4.78 is 5.48. The van der Waals surface area contributed by atoms with E-state index in [0.29, 0.717) is 12.1 Å². The summed E-state index contributed by atoms with van der Waals surface area (Å²) in [6.07, 6.45) is 0. The van der Waals surface area contributed by atoms with E-state index in [4.69, 9.17) is 14.7 Å². The number of hydrogen-bond acceptors (Lipinski definition) is 6. The topological polar surface area (TPSA) is 55.3 Å². The summed E-state index contributed by atoms with van der Waals surface area (Å²) in [6.45, 7) is 3.88. The van der Waals surface area contributed by atoms with Gasteiger partial charge in [0.25, 0.3) is 0 Å². The van der Waals surface area contributed by atoms with Gasteiger partial charge in [0.05, 0.1) is 30.5 Å². The number of ketones is 1. The summed E-state index contributed by atoms with van der Waals surface area (Å²) in [4.78, 5) is 25.7. The SMILES string of the molecule is O=C(c1ccccc1)C(Sc1nc(CN2CCOCC2)nc2ccccc12)c1ccccc1. The largest absolute Gasteiger partial charge is 0.379 e. The molecule has 33 heavy (non-hydrogen) atoms. The van der Waals surface area contributed by atoms with Gasteiger partial charge in [-0.3, -0.25) is 9.69 Å². The molecule has 4 aromatic rings. The van der Waals surface area contributed by atoms with Gasteiger partial charge in [-0.05, 0) is 11.6 Å². The van der Waals surface area contributed by atoms with Gasteiger partial charge in [-0.1, -0.05) is 90.6 Å². The Morgan fingerprint density at radius 1 is 0.879 bits per heavy atom. The van der Waals surface area contributed by atoms with E-state index in [-0.39, 0.29) is 5.78 Å². The van der Waals surface area contributed by atoms with Gasteiger partial charge >= 0.3 is 0 Å². The molecule has 5 rings (SSSR count). The first kappa shape index (κ1) is 21.8. The summed E-state index contributed by atoms with van der Waals surface area (Å²) in [6, 6.07) is 27.5. The van der Waals surface area contributed by atoms with Crippen molar-refractivity contribution in [3.8, 4) is 0 Å². The highest BCUT2D eigenvalue weighted by molar-refractivity contribution is 8.00. The van der Waals surface area contributed by atoms with Crippen LogP contribution in [0.1, 0.15) is 27.0 Å². The normalized spacial score (nSPS) is 15.4. The molecule has 0 N–H and O–H groups in total. The fourth-order valence-corrected chi connectivity index (χ4v) is 5.20. The number of rotatable bonds is 7. The van der Waals surface area contributed by atoms with Gasteiger partial charge in [0.1, 0.15) is 10.9 Å². The zero-order valence-electron chi connectivity index (χ0n) is 18.3. The van der Waals surface area contributed by atoms with Crippen LogP contribution in [0, 0.1) is 0 Å². The molecule has 1 atom stereocenters. The van der Waals surface area contributed by atoms with Crippen molar-refractivity contribution in [2.45, 2.75) is 16.8 Å². The Balaban J connectivity index is 1.53. The number of benzene rings is 3. The molecule has 166 valence electrons. The molecule has 0 aliphatic carbocycles. The zero-order valence-corrected chi connectivity index (χ0v) is 19.1. The molecule has 0 saturated carbocycles. The van der Waals surface area contributed by atoms with E-state index in [9.17, 15) is 4.79 Å². The second kappa shape index (κ2) is 10.3. The summed E-state index contributed by atoms with van der Waals surface area (Å²) in [5.74, 6) is 0.848. The number of aromatic nitrogens is 2. The molecule has 2 heterocycles. The first-order valence-corrected chi connectivity index (χ1v) is 12.0. The number of nitrogens with zero attached hydrogens (tertiary/aromatic N) is 3. The maximum atomic E-state index is 13.6. The smallest absolute Gasteiger partial charge is 0.180 e. The fourth-order valence-electron chi connectivity index (χ4n) is 3.98. The predicted molar refractivity (Wildman–Crippen MR) is 131 cm³/mol. The van der Waals surface area contributed by atoms with E-state index in [0.717, 1.165) is 53.6 Å². The lowest BCUT2D eigenvalue weighted by atomic mass is 10.0. The van der Waals surface area contributed by atoms with Gasteiger partial charge in [0.2, 0.25) is 0 Å². The van der Waals surface area contributed by atoms with Crippen LogP contribution in [0.3, 0.4) is 0 Å². The Bertz CT molecular complexity index is 1230. The van der Waals surface area contributed by atoms with Crippen LogP contribution in [-0.2, 0) is 11.3 Å². The van der Waals surface area contributed by atoms with Crippen LogP contribution in [0.15, 0.2) is 90.0 Å². The van der Waals surface area contributed by atoms with Crippen molar-refractivity contribution in [2.75, 3.05) is 26.3 Å². The van der Waals surface area contributed by atoms with Crippen molar-refractivity contribution in [3.63, 3.8) is 0 Å². The summed E-state index contributed by atoms with van der Waals surface area (Å²) >= 11 is 1.51. The van der Waals surface area contributed by atoms with Gasteiger partial charge < -0.3 is 4.74 Å². The first-order chi connectivity index (χ1) is 16.3. The standard InChI is InChI=1S/C27H25N3O2S/c31-25(20-9-3-1-4-10-20)26(21-11-5-2-6-12-21)33-27-22-13-7-8-14-23(22)28-24(29-27)19-30-15-17-32-18-16-30/h1-14,26H,15-19H2. The summed E-state index contributed by atoms with van der Waals surface area (Å²) in [5.41, 5.74) is 2.57. The molecule has 1 unspecified atom stereocenters. The quantitative estimate of drug-likeness (QED) is 0.217. The number of ether oxygens (including phenoxy) is 1. The Kier molecular flexibility index (Phi) is 6.76. The van der Waals surface area contributed by atoms with Crippen molar-refractivity contribution in [2.24, 2.45) is 0 Å². The molecule has 1 fully saturated rings. The fraction of sp³-hybridized carbons (Fsp3) is 0.222. The Labute approximate surface area is 197 Å². The third-order valence-corrected chi connectivity index (χ3v) is 6.97. The molecule has 6 heteroatoms. The lowest BCUT2D eigenvalue weighted by Crippen LogP contribution is -2.36. The zero-order chi connectivity index (χ0) is 22.5. The monoisotopic (exact) mass is 455 g/mol. The number of morpholine rings is 1. The minimum atomic E-state index is -0.400. The van der Waals surface area contributed by atoms with E-state index >= 15 is 0 Å². The average molecular weight is 456 g/mol. The lowest BCUT2D eigenvalue weighted by Gasteiger charge is -2.26. The molecule has 0 radical (unpaired) electrons. The highest BCUT2D eigenvalue weighted by Gasteiger charge is 2.25. The highest BCUT2D eigenvalue weighted by Crippen LogP contribution is 2.39. The van der Waals surface area contributed by atoms with Crippen molar-refractivity contribution in [1.29, 1.82) is 0 Å². The number of Topliss-reactive ketones (excluding diaryl/α,β-unsaturated/α-hetero) is 1. The Hall–Kier alpha value is -3.06. The van der Waals surface area contributed by atoms with Crippen LogP contribution >= 0.6 is 11.8 Å². The Morgan fingerprint density at radius 3 is 2.30 bits per heavy atom. The second-order valence-electron chi connectivity index (χ2n) is 7.99. The van der Waals surface area contributed by atoms with Crippen LogP contribution in [0.4, 0.5) is 0 Å². The molecule has 1 aliphatic heterocycles. The molecular weight excluding hydrogens is 430 g/mol. The average Bonchev–Trinajstić information content (AvgIpc) is 2.88. The molecule has 1 aliphatic rings. The van der Waals surface area contributed by atoms with Gasteiger partial charge in [-0.25, -0.2) is 9.97 Å². The molecule has 1 saturated heterocycles. The van der Waals surface area contributed by atoms with Crippen LogP contribution in [-0.4, -0.2) is 47.0 Å². The van der Waals surface area contributed by atoms with Crippen molar-refractivity contribution < 1.29 is 9.53 Å². The van der Waals surface area contributed by atoms with Crippen LogP contribution in [0.25, 0.3) is 10.9 Å². The van der Waals surface area contributed by atoms with Crippen LogP contribution in [0.2, 0.25) is 0 Å². The van der Waals surface area contributed by atoms with Crippen LogP contribution in [0.5, 0.6) is 0 Å². The maximum absolute atomic E-state index is 13.6. The van der Waals surface area contributed by atoms with E-state index in [1.807, 2.05) is 84.9 Å². The molecule has 0 bridgehead atoms. The Morgan fingerprint density at radius 2 is 1.55 bits per heavy atom. The molecule has 1 aromatic heterocycles. The van der Waals surface area contributed by atoms with Crippen molar-refractivity contribution in [1.82, 2.24) is 14.9 Å². The summed E-state index contributed by atoms with van der Waals surface area (Å²) in [7, 11) is 0. The second-order valence-corrected chi connectivity index (χ2v) is 9.08. The van der Waals surface area contributed by atoms with Gasteiger partial charge in [0.15, 0.2) is 5.78 Å². The lowest BCUT2D eigenvalue weighted by molar-refractivity contribution is 0.0330. The van der Waals surface area contributed by atoms with E-state index in [1.165, 1.54) is 11.8 Å². The number of carbonyl (C=O) groups excluding carboxylic acids is 1. The molecule has 3 aromatic carbocycles. The third-order valence-electron chi connectivity index (χ3n) is 5.71. The first-order valence-electron chi connectivity index (χ1n) is 11.1. The maximum Gasteiger partial charge on any atom is 0.180 e. The van der Waals surface area contributed by atoms with Gasteiger partial charge in [-0.15, -0.1) is 0 Å². The number of fused-ring (bicyclic) bond motifs is 1. The molecular formula is C27H25N3O2S. The van der Waals surface area contributed by atoms with Gasteiger partial charge in [-0.2, -0.15) is 0 Å². The van der Waals surface area contributed by atoms with E-state index < -0.39 is 5.25 Å². The molecule has 5 nitrogen and oxygen atoms in total. The summed E-state index contributed by atoms with van der Waals surface area (Å²) in [5, 5.41) is 1.40. The highest BCUT2D eigenvalue weighted by atomic mass is 32.2. The van der Waals surface area contributed by atoms with Crippen LogP contribution < -0.4 is 0 Å². The minimum Gasteiger partial charge on any atom is -0.379 e. The number of carbonyl (C=O) groups is 1. The van der Waals surface area contributed by atoms with E-state index in [2.05, 4.69) is 4.90 Å². The number of hydrogen-bond donors (Lipinski definition) is 0. The number of thioether (sulfide) groups is 1. The number of para-hydroxylation sites is 1. The van der Waals surface area contributed by atoms with Crippen molar-refractivity contribution in [3.05, 3.63) is 102 Å². The third kappa shape index (κ3) is 5.14. The van der Waals surface area contributed by atoms with E-state index in [1.54, 1.807) is 0 Å².